The molecule has 0 aliphatic heterocycles. The maximum Gasteiger partial charge on any atom is 0.0600 e. The lowest BCUT2D eigenvalue weighted by atomic mass is 9.78. The van der Waals surface area contributed by atoms with Gasteiger partial charge in [0.2, 0.25) is 0 Å². The first-order chi connectivity index (χ1) is 10.6. The average Bonchev–Trinajstić information content (AvgIpc) is 2.47. The molecule has 5 heteroatoms. The molecule has 0 radical (unpaired) electrons. The van der Waals surface area contributed by atoms with E-state index < -0.39 is 0 Å². The zero-order chi connectivity index (χ0) is 15.9. The van der Waals surface area contributed by atoms with Crippen LogP contribution in [0, 0.1) is 17.2 Å². The zero-order valence-electron chi connectivity index (χ0n) is 13.5. The second-order valence-electron chi connectivity index (χ2n) is 6.66. The molecule has 2 aliphatic rings. The Morgan fingerprint density at radius 3 is 2.55 bits per heavy atom. The molecule has 0 amide bonds. The molecule has 0 saturated heterocycles. The third kappa shape index (κ3) is 4.50. The SMILES string of the molecule is CC1CC[C@H]1N=CC(N)=C(C=N)C=NC1CC(CCCN)C1. The van der Waals surface area contributed by atoms with Gasteiger partial charge in [-0.1, -0.05) is 6.92 Å². The first kappa shape index (κ1) is 16.9. The highest BCUT2D eigenvalue weighted by atomic mass is 14.8. The molecule has 0 aromatic carbocycles. The van der Waals surface area contributed by atoms with Gasteiger partial charge in [-0.15, -0.1) is 0 Å². The summed E-state index contributed by atoms with van der Waals surface area (Å²) in [5.74, 6) is 1.43. The van der Waals surface area contributed by atoms with Gasteiger partial charge in [-0.2, -0.15) is 0 Å². The van der Waals surface area contributed by atoms with E-state index in [-0.39, 0.29) is 0 Å². The summed E-state index contributed by atoms with van der Waals surface area (Å²) in [7, 11) is 0. The van der Waals surface area contributed by atoms with Crippen molar-refractivity contribution in [3.63, 3.8) is 0 Å². The van der Waals surface area contributed by atoms with Crippen LogP contribution < -0.4 is 11.5 Å². The molecule has 2 atom stereocenters. The molecule has 0 heterocycles. The number of hydrogen-bond donors (Lipinski definition) is 3. The Labute approximate surface area is 133 Å². The van der Waals surface area contributed by atoms with E-state index in [0.717, 1.165) is 38.1 Å². The normalized spacial score (nSPS) is 32.6. The highest BCUT2D eigenvalue weighted by Gasteiger charge is 2.27. The number of nitrogens with two attached hydrogens (primary N) is 2. The monoisotopic (exact) mass is 303 g/mol. The Bertz CT molecular complexity index is 460. The quantitative estimate of drug-likeness (QED) is 0.599. The maximum absolute atomic E-state index is 7.49. The molecule has 2 fully saturated rings. The first-order valence-electron chi connectivity index (χ1n) is 8.40. The fourth-order valence-corrected chi connectivity index (χ4v) is 2.97. The molecule has 0 spiro atoms. The van der Waals surface area contributed by atoms with Crippen LogP contribution in [0.1, 0.15) is 45.4 Å². The van der Waals surface area contributed by atoms with Crippen LogP contribution in [0.3, 0.4) is 0 Å². The maximum atomic E-state index is 7.49. The smallest absolute Gasteiger partial charge is 0.0600 e. The van der Waals surface area contributed by atoms with Crippen LogP contribution in [0.4, 0.5) is 0 Å². The number of aliphatic imine (C=N–C) groups is 2. The lowest BCUT2D eigenvalue weighted by molar-refractivity contribution is 0.249. The molecule has 2 rings (SSSR count). The Balaban J connectivity index is 1.82. The van der Waals surface area contributed by atoms with Crippen molar-refractivity contribution in [2.24, 2.45) is 33.3 Å². The second-order valence-corrected chi connectivity index (χ2v) is 6.66. The number of nitrogens with one attached hydrogen (secondary N) is 1. The van der Waals surface area contributed by atoms with E-state index in [1.807, 2.05) is 0 Å². The number of allylic oxidation sites excluding steroid dienone is 2. The average molecular weight is 303 g/mol. The summed E-state index contributed by atoms with van der Waals surface area (Å²) in [5.41, 5.74) is 12.7. The zero-order valence-corrected chi connectivity index (χ0v) is 13.5. The molecular weight excluding hydrogens is 274 g/mol. The molecule has 2 saturated carbocycles. The minimum atomic E-state index is 0.383. The van der Waals surface area contributed by atoms with Gasteiger partial charge in [-0.25, -0.2) is 0 Å². The number of rotatable bonds is 8. The van der Waals surface area contributed by atoms with Crippen molar-refractivity contribution in [2.75, 3.05) is 6.54 Å². The van der Waals surface area contributed by atoms with Crippen molar-refractivity contribution in [3.05, 3.63) is 11.3 Å². The molecule has 1 unspecified atom stereocenters. The van der Waals surface area contributed by atoms with Gasteiger partial charge in [0, 0.05) is 24.2 Å². The fourth-order valence-electron chi connectivity index (χ4n) is 2.97. The minimum Gasteiger partial charge on any atom is -0.397 e. The van der Waals surface area contributed by atoms with Crippen LogP contribution in [0.5, 0.6) is 0 Å². The molecule has 2 aliphatic carbocycles. The lowest BCUT2D eigenvalue weighted by Gasteiger charge is -2.32. The second kappa shape index (κ2) is 8.22. The van der Waals surface area contributed by atoms with Crippen LogP contribution in [-0.4, -0.2) is 37.3 Å². The van der Waals surface area contributed by atoms with Crippen LogP contribution in [-0.2, 0) is 0 Å². The van der Waals surface area contributed by atoms with Crippen molar-refractivity contribution < 1.29 is 0 Å². The van der Waals surface area contributed by atoms with Crippen LogP contribution >= 0.6 is 0 Å². The third-order valence-corrected chi connectivity index (χ3v) is 4.92. The van der Waals surface area contributed by atoms with Crippen molar-refractivity contribution in [2.45, 2.75) is 57.5 Å². The van der Waals surface area contributed by atoms with E-state index >= 15 is 0 Å². The van der Waals surface area contributed by atoms with Gasteiger partial charge in [0.15, 0.2) is 0 Å². The molecule has 122 valence electrons. The summed E-state index contributed by atoms with van der Waals surface area (Å²) in [5, 5.41) is 7.49. The Morgan fingerprint density at radius 2 is 2.00 bits per heavy atom. The van der Waals surface area contributed by atoms with Crippen molar-refractivity contribution in [1.29, 1.82) is 5.41 Å². The van der Waals surface area contributed by atoms with Gasteiger partial charge >= 0.3 is 0 Å². The first-order valence-corrected chi connectivity index (χ1v) is 8.40. The molecule has 0 aromatic rings. The van der Waals surface area contributed by atoms with E-state index in [1.165, 1.54) is 19.1 Å². The van der Waals surface area contributed by atoms with Crippen LogP contribution in [0.15, 0.2) is 21.3 Å². The Morgan fingerprint density at radius 1 is 1.23 bits per heavy atom. The van der Waals surface area contributed by atoms with Gasteiger partial charge in [-0.3, -0.25) is 9.98 Å². The van der Waals surface area contributed by atoms with Gasteiger partial charge < -0.3 is 16.9 Å². The molecule has 22 heavy (non-hydrogen) atoms. The van der Waals surface area contributed by atoms with Crippen molar-refractivity contribution in [3.8, 4) is 0 Å². The molecular formula is C17H29N5. The third-order valence-electron chi connectivity index (χ3n) is 4.92. The highest BCUT2D eigenvalue weighted by molar-refractivity contribution is 6.08. The topological polar surface area (TPSA) is 101 Å². The largest absolute Gasteiger partial charge is 0.397 e. The summed E-state index contributed by atoms with van der Waals surface area (Å²) in [6.07, 6.45) is 11.7. The summed E-state index contributed by atoms with van der Waals surface area (Å²) >= 11 is 0. The van der Waals surface area contributed by atoms with Crippen molar-refractivity contribution in [1.82, 2.24) is 0 Å². The predicted molar refractivity (Wildman–Crippen MR) is 94.0 cm³/mol. The highest BCUT2D eigenvalue weighted by Crippen LogP contribution is 2.33. The van der Waals surface area contributed by atoms with Gasteiger partial charge in [-0.05, 0) is 56.9 Å². The van der Waals surface area contributed by atoms with E-state index in [9.17, 15) is 0 Å². The standard InChI is InChI=1S/C17H29N5/c1-12-4-5-17(12)22-11-16(20)14(9-19)10-21-15-7-13(8-15)3-2-6-18/h9-13,15,17,19H,2-8,18,20H2,1H3/t12?,13?,15?,17-/m1/s1. The number of nitrogens with zero attached hydrogens (tertiary/aromatic N) is 2. The van der Waals surface area contributed by atoms with Crippen molar-refractivity contribution >= 4 is 18.6 Å². The summed E-state index contributed by atoms with van der Waals surface area (Å²) in [6, 6.07) is 0.784. The van der Waals surface area contributed by atoms with E-state index in [2.05, 4.69) is 16.9 Å². The lowest BCUT2D eigenvalue weighted by Crippen LogP contribution is -2.28. The predicted octanol–water partition coefficient (Wildman–Crippen LogP) is 2.31. The molecule has 0 bridgehead atoms. The molecule has 5 N–H and O–H groups in total. The van der Waals surface area contributed by atoms with Gasteiger partial charge in [0.05, 0.1) is 17.8 Å². The minimum absolute atomic E-state index is 0.383. The van der Waals surface area contributed by atoms with E-state index in [4.69, 9.17) is 16.9 Å². The number of hydrogen-bond acceptors (Lipinski definition) is 5. The Hall–Kier alpha value is -1.49. The molecule has 5 nitrogen and oxygen atoms in total. The van der Waals surface area contributed by atoms with Crippen LogP contribution in [0.25, 0.3) is 0 Å². The Kier molecular flexibility index (Phi) is 6.31. The van der Waals surface area contributed by atoms with Gasteiger partial charge in [0.1, 0.15) is 0 Å². The van der Waals surface area contributed by atoms with Gasteiger partial charge in [0.25, 0.3) is 0 Å². The van der Waals surface area contributed by atoms with Crippen LogP contribution in [0.2, 0.25) is 0 Å². The molecule has 0 aromatic heterocycles. The summed E-state index contributed by atoms with van der Waals surface area (Å²) < 4.78 is 0. The van der Waals surface area contributed by atoms with E-state index in [0.29, 0.717) is 29.3 Å². The fraction of sp³-hybridized carbons (Fsp3) is 0.706. The van der Waals surface area contributed by atoms with E-state index in [1.54, 1.807) is 12.4 Å². The summed E-state index contributed by atoms with van der Waals surface area (Å²) in [6.45, 7) is 2.99. The summed E-state index contributed by atoms with van der Waals surface area (Å²) in [4.78, 5) is 9.05.